The van der Waals surface area contributed by atoms with Crippen LogP contribution in [0.4, 0.5) is 9.59 Å². The molecular formula is C45H50N2O8. The van der Waals surface area contributed by atoms with E-state index in [9.17, 15) is 9.59 Å². The second-order valence-corrected chi connectivity index (χ2v) is 12.4. The van der Waals surface area contributed by atoms with E-state index in [1.807, 2.05) is 97.1 Å². The number of benzene rings is 4. The molecule has 4 aromatic carbocycles. The van der Waals surface area contributed by atoms with Gasteiger partial charge in [-0.15, -0.1) is 0 Å². The minimum absolute atomic E-state index is 0.0833. The molecular weight excluding hydrogens is 697 g/mol. The number of ether oxygens (including phenoxy) is 6. The van der Waals surface area contributed by atoms with Crippen LogP contribution < -0.4 is 10.6 Å². The highest BCUT2D eigenvalue weighted by Gasteiger charge is 2.18. The third kappa shape index (κ3) is 16.0. The second-order valence-electron chi connectivity index (χ2n) is 12.4. The standard InChI is InChI=1S/C45H50N2O8/c1-5-34-9-17-38(18-10-34)25-50-29-42(30-51-26-39-19-11-35(6-2)12-20-39)54-44(48)46-33-47-45(49)55-43(31-52-27-40-21-13-36(7-3)14-22-40)32-53-28-41-23-15-37(8-4)16-24-41/h5-24,42-43H,1-4,25-33H2,(H,46,48)(H,47,49). The summed E-state index contributed by atoms with van der Waals surface area (Å²) in [5, 5.41) is 5.05. The van der Waals surface area contributed by atoms with Crippen LogP contribution in [0.1, 0.15) is 44.5 Å². The molecule has 0 saturated heterocycles. The summed E-state index contributed by atoms with van der Waals surface area (Å²) in [6.45, 7) is 16.4. The highest BCUT2D eigenvalue weighted by Crippen LogP contribution is 2.12. The van der Waals surface area contributed by atoms with Crippen LogP contribution in [0, 0.1) is 0 Å². The first-order valence-electron chi connectivity index (χ1n) is 17.9. The van der Waals surface area contributed by atoms with E-state index in [4.69, 9.17) is 28.4 Å². The molecule has 0 bridgehead atoms. The molecule has 0 unspecified atom stereocenters. The summed E-state index contributed by atoms with van der Waals surface area (Å²) in [5.74, 6) is 0. The third-order valence-electron chi connectivity index (χ3n) is 8.16. The van der Waals surface area contributed by atoms with E-state index in [1.165, 1.54) is 0 Å². The van der Waals surface area contributed by atoms with Gasteiger partial charge in [0.15, 0.2) is 12.2 Å². The van der Waals surface area contributed by atoms with Crippen molar-refractivity contribution in [2.75, 3.05) is 33.1 Å². The molecule has 0 aromatic heterocycles. The summed E-state index contributed by atoms with van der Waals surface area (Å²) in [6.07, 6.45) is 4.08. The zero-order valence-electron chi connectivity index (χ0n) is 31.2. The van der Waals surface area contributed by atoms with E-state index in [-0.39, 0.29) is 33.1 Å². The highest BCUT2D eigenvalue weighted by atomic mass is 16.6. The fourth-order valence-electron chi connectivity index (χ4n) is 5.04. The minimum Gasteiger partial charge on any atom is -0.441 e. The molecule has 0 aliphatic carbocycles. The van der Waals surface area contributed by atoms with Crippen molar-refractivity contribution in [1.82, 2.24) is 10.6 Å². The number of hydrogen-bond donors (Lipinski definition) is 2. The van der Waals surface area contributed by atoms with Gasteiger partial charge >= 0.3 is 12.2 Å². The van der Waals surface area contributed by atoms with Crippen LogP contribution in [0.3, 0.4) is 0 Å². The maximum atomic E-state index is 12.8. The van der Waals surface area contributed by atoms with Crippen LogP contribution in [0.25, 0.3) is 24.3 Å². The molecule has 2 N–H and O–H groups in total. The average molecular weight is 747 g/mol. The molecule has 0 radical (unpaired) electrons. The Kier molecular flexibility index (Phi) is 18.2. The van der Waals surface area contributed by atoms with Gasteiger partial charge < -0.3 is 39.1 Å². The van der Waals surface area contributed by atoms with Crippen LogP contribution in [-0.4, -0.2) is 57.5 Å². The summed E-state index contributed by atoms with van der Waals surface area (Å²) >= 11 is 0. The van der Waals surface area contributed by atoms with E-state index in [0.29, 0.717) is 26.4 Å². The van der Waals surface area contributed by atoms with Crippen molar-refractivity contribution in [1.29, 1.82) is 0 Å². The van der Waals surface area contributed by atoms with Gasteiger partial charge in [0, 0.05) is 0 Å². The van der Waals surface area contributed by atoms with Crippen molar-refractivity contribution in [2.24, 2.45) is 0 Å². The van der Waals surface area contributed by atoms with Crippen LogP contribution >= 0.6 is 0 Å². The number of amides is 2. The van der Waals surface area contributed by atoms with Crippen LogP contribution in [0.15, 0.2) is 123 Å². The normalized spacial score (nSPS) is 10.8. The molecule has 0 fully saturated rings. The molecule has 10 nitrogen and oxygen atoms in total. The van der Waals surface area contributed by atoms with Gasteiger partial charge in [0.05, 0.1) is 59.5 Å². The second kappa shape index (κ2) is 23.8. The van der Waals surface area contributed by atoms with E-state index in [1.54, 1.807) is 24.3 Å². The van der Waals surface area contributed by atoms with E-state index >= 15 is 0 Å². The monoisotopic (exact) mass is 746 g/mol. The topological polar surface area (TPSA) is 114 Å². The molecule has 4 rings (SSSR count). The molecule has 10 heteroatoms. The van der Waals surface area contributed by atoms with Crippen molar-refractivity contribution in [2.45, 2.75) is 38.6 Å². The van der Waals surface area contributed by atoms with Crippen molar-refractivity contribution < 1.29 is 38.0 Å². The third-order valence-corrected chi connectivity index (χ3v) is 8.16. The lowest BCUT2D eigenvalue weighted by Gasteiger charge is -2.20. The number of nitrogens with one attached hydrogen (secondary N) is 2. The maximum absolute atomic E-state index is 12.8. The summed E-state index contributed by atoms with van der Waals surface area (Å²) < 4.78 is 34.7. The first kappa shape index (κ1) is 42.0. The molecule has 55 heavy (non-hydrogen) atoms. The summed E-state index contributed by atoms with van der Waals surface area (Å²) in [6, 6.07) is 31.1. The molecule has 0 spiro atoms. The Hall–Kier alpha value is -5.78. The van der Waals surface area contributed by atoms with E-state index < -0.39 is 24.4 Å². The first-order chi connectivity index (χ1) is 26.9. The molecule has 4 aromatic rings. The average Bonchev–Trinajstić information content (AvgIpc) is 3.21. The van der Waals surface area contributed by atoms with Gasteiger partial charge in [0.25, 0.3) is 0 Å². The molecule has 2 amide bonds. The van der Waals surface area contributed by atoms with Crippen molar-refractivity contribution in [3.05, 3.63) is 168 Å². The Bertz CT molecular complexity index is 1540. The number of hydrogen-bond acceptors (Lipinski definition) is 8. The lowest BCUT2D eigenvalue weighted by atomic mass is 10.1. The van der Waals surface area contributed by atoms with Crippen LogP contribution in [0.2, 0.25) is 0 Å². The van der Waals surface area contributed by atoms with E-state index in [2.05, 4.69) is 36.9 Å². The van der Waals surface area contributed by atoms with Crippen molar-refractivity contribution in [3.63, 3.8) is 0 Å². The molecule has 0 saturated carbocycles. The van der Waals surface area contributed by atoms with Crippen molar-refractivity contribution in [3.8, 4) is 0 Å². The summed E-state index contributed by atoms with van der Waals surface area (Å²) in [4.78, 5) is 25.6. The lowest BCUT2D eigenvalue weighted by Crippen LogP contribution is -2.42. The number of alkyl carbamates (subject to hydrolysis) is 2. The van der Waals surface area contributed by atoms with E-state index in [0.717, 1.165) is 44.5 Å². The maximum Gasteiger partial charge on any atom is 0.408 e. The van der Waals surface area contributed by atoms with Gasteiger partial charge in [-0.1, -0.05) is 148 Å². The Labute approximate surface area is 324 Å². The summed E-state index contributed by atoms with van der Waals surface area (Å²) in [5.41, 5.74) is 7.84. The van der Waals surface area contributed by atoms with Crippen LogP contribution in [-0.2, 0) is 54.8 Å². The highest BCUT2D eigenvalue weighted by molar-refractivity contribution is 5.70. The van der Waals surface area contributed by atoms with Gasteiger partial charge in [0.1, 0.15) is 0 Å². The predicted molar refractivity (Wildman–Crippen MR) is 216 cm³/mol. The van der Waals surface area contributed by atoms with Crippen molar-refractivity contribution >= 4 is 36.5 Å². The Morgan fingerprint density at radius 2 is 0.673 bits per heavy atom. The molecule has 0 aliphatic heterocycles. The first-order valence-corrected chi connectivity index (χ1v) is 17.9. The molecule has 0 heterocycles. The summed E-state index contributed by atoms with van der Waals surface area (Å²) in [7, 11) is 0. The van der Waals surface area contributed by atoms with Crippen LogP contribution in [0.5, 0.6) is 0 Å². The SMILES string of the molecule is C=Cc1ccc(COCC(COCc2ccc(C=C)cc2)OC(=O)NCNC(=O)OC(COCc2ccc(C=C)cc2)COCc2ccc(C=C)cc2)cc1. The van der Waals surface area contributed by atoms with Gasteiger partial charge in [-0.2, -0.15) is 0 Å². The smallest absolute Gasteiger partial charge is 0.408 e. The fraction of sp³-hybridized carbons (Fsp3) is 0.244. The number of carbonyl (C=O) groups is 2. The fourth-order valence-corrected chi connectivity index (χ4v) is 5.04. The zero-order valence-corrected chi connectivity index (χ0v) is 31.2. The molecule has 0 aliphatic rings. The zero-order chi connectivity index (χ0) is 39.1. The predicted octanol–water partition coefficient (Wildman–Crippen LogP) is 8.57. The van der Waals surface area contributed by atoms with Gasteiger partial charge in [-0.25, -0.2) is 9.59 Å². The number of carbonyl (C=O) groups excluding carboxylic acids is 2. The minimum atomic E-state index is -0.767. The van der Waals surface area contributed by atoms with Gasteiger partial charge in [0.2, 0.25) is 0 Å². The van der Waals surface area contributed by atoms with Gasteiger partial charge in [-0.05, 0) is 44.5 Å². The molecule has 288 valence electrons. The lowest BCUT2D eigenvalue weighted by molar-refractivity contribution is -0.0377. The Morgan fingerprint density at radius 3 is 0.891 bits per heavy atom. The van der Waals surface area contributed by atoms with Gasteiger partial charge in [-0.3, -0.25) is 0 Å². The quantitative estimate of drug-likeness (QED) is 0.0686. The number of rotatable bonds is 24. The Balaban J connectivity index is 1.25. The molecule has 0 atom stereocenters. The Morgan fingerprint density at radius 1 is 0.436 bits per heavy atom. The largest absolute Gasteiger partial charge is 0.441 e.